The average Bonchev–Trinajstić information content (AvgIpc) is 1.25. The van der Waals surface area contributed by atoms with Crippen molar-refractivity contribution in [3.05, 3.63) is 296 Å². The molecule has 19 aromatic heterocycles. The number of nitrogens with zero attached hydrogens (tertiary/aromatic N) is 10. The van der Waals surface area contributed by atoms with Gasteiger partial charge in [-0.15, -0.1) is 0 Å². The molecule has 21 rings (SSSR count). The number of aryl methyl sites for hydroxylation is 10. The molecule has 0 aliphatic heterocycles. The summed E-state index contributed by atoms with van der Waals surface area (Å²) in [6.07, 6.45) is 25.3. The van der Waals surface area contributed by atoms with E-state index in [0.29, 0.717) is 0 Å². The minimum atomic E-state index is 0. The number of para-hydroxylation sites is 1. The molecule has 0 fully saturated rings. The van der Waals surface area contributed by atoms with Gasteiger partial charge in [0.15, 0.2) is 0 Å². The number of pyridine rings is 5. The minimum Gasteiger partial charge on any atom is -0.363 e. The van der Waals surface area contributed by atoms with Crippen LogP contribution in [0.4, 0.5) is 0 Å². The molecule has 14 heteroatoms. The van der Waals surface area contributed by atoms with Gasteiger partial charge in [0.1, 0.15) is 11.3 Å². The Morgan fingerprint density at radius 1 is 0.306 bits per heavy atom. The Hall–Kier alpha value is -11.9. The molecular formula is C84H92N14. The number of rotatable bonds is 0. The maximum Gasteiger partial charge on any atom is 0.122 e. The third-order valence-electron chi connectivity index (χ3n) is 18.7. The van der Waals surface area contributed by atoms with E-state index in [1.807, 2.05) is 6.07 Å². The van der Waals surface area contributed by atoms with Crippen LogP contribution in [0.2, 0.25) is 0 Å². The van der Waals surface area contributed by atoms with Gasteiger partial charge in [0.25, 0.3) is 0 Å². The first kappa shape index (κ1) is 67.5. The first-order valence-electron chi connectivity index (χ1n) is 32.0. The van der Waals surface area contributed by atoms with Gasteiger partial charge in [-0.05, 0) is 158 Å². The normalized spacial score (nSPS) is 11.0. The Labute approximate surface area is 572 Å². The van der Waals surface area contributed by atoms with Gasteiger partial charge in [-0.1, -0.05) is 103 Å². The average molecular weight is 1300 g/mol. The summed E-state index contributed by atoms with van der Waals surface area (Å²) in [5.41, 5.74) is 26.4. The fraction of sp³-hybridized carbons (Fsp3) is 0.167. The summed E-state index contributed by atoms with van der Waals surface area (Å²) in [6, 6.07) is 63.6. The van der Waals surface area contributed by atoms with E-state index in [1.165, 1.54) is 155 Å². The lowest BCUT2D eigenvalue weighted by atomic mass is 10.2. The molecule has 0 radical (unpaired) electrons. The van der Waals surface area contributed by atoms with Gasteiger partial charge in [0.05, 0.1) is 49.7 Å². The second-order valence-electron chi connectivity index (χ2n) is 24.8. The van der Waals surface area contributed by atoms with Crippen LogP contribution in [0.1, 0.15) is 69.6 Å². The van der Waals surface area contributed by atoms with E-state index < -0.39 is 0 Å². The lowest BCUT2D eigenvalue weighted by Crippen LogP contribution is -1.88. The quantitative estimate of drug-likeness (QED) is 0.116. The number of benzene rings is 2. The van der Waals surface area contributed by atoms with E-state index in [-0.39, 0.29) is 29.7 Å². The summed E-state index contributed by atoms with van der Waals surface area (Å²) in [7, 11) is 6.32. The van der Waals surface area contributed by atoms with Gasteiger partial charge in [0, 0.05) is 190 Å². The van der Waals surface area contributed by atoms with Crippen LogP contribution in [0.3, 0.4) is 0 Å². The van der Waals surface area contributed by atoms with Gasteiger partial charge in [-0.3, -0.25) is 0 Å². The molecule has 0 unspecified atom stereocenters. The molecule has 0 atom stereocenters. The Balaban J connectivity index is 0.000000115. The van der Waals surface area contributed by atoms with Crippen molar-refractivity contribution < 1.29 is 0 Å². The Morgan fingerprint density at radius 2 is 0.878 bits per heavy atom. The summed E-state index contributed by atoms with van der Waals surface area (Å²) in [5, 5.41) is 9.09. The maximum atomic E-state index is 3.36. The molecule has 19 heterocycles. The fourth-order valence-electron chi connectivity index (χ4n) is 13.5. The first-order valence-corrected chi connectivity index (χ1v) is 32.0. The Morgan fingerprint density at radius 3 is 1.62 bits per heavy atom. The van der Waals surface area contributed by atoms with Crippen LogP contribution >= 0.6 is 0 Å². The zero-order valence-corrected chi connectivity index (χ0v) is 54.7. The molecule has 498 valence electrons. The number of imidazole rings is 2. The summed E-state index contributed by atoms with van der Waals surface area (Å²) in [6.45, 7) is 14.8. The van der Waals surface area contributed by atoms with Crippen molar-refractivity contribution in [1.29, 1.82) is 0 Å². The molecular weight excluding hydrogens is 1210 g/mol. The summed E-state index contributed by atoms with van der Waals surface area (Å²) in [5.74, 6) is 0. The highest BCUT2D eigenvalue weighted by atomic mass is 15.1. The SMILES string of the molecule is C.C.C.C.Cc1[nH]cc2c1cc1ccccn12.Cc1[nH]cc2cc3ccccn3c12.Cc1cc2c(cc3ccccn32)n1C.Cc1cc2c(cn3ccccc23)n1C.Cc1cc2cn3ccccc3c2[nH]1.Cc1cn2c3ccccc3cc2n1C.Cc1cn2cc3ccccc3c2[nH]1. The highest BCUT2D eigenvalue weighted by Crippen LogP contribution is 2.29. The fourth-order valence-corrected chi connectivity index (χ4v) is 13.5. The van der Waals surface area contributed by atoms with Gasteiger partial charge >= 0.3 is 0 Å². The van der Waals surface area contributed by atoms with E-state index in [4.69, 9.17) is 0 Å². The number of H-pyrrole nitrogens is 4. The number of nitrogens with one attached hydrogen (secondary N) is 4. The van der Waals surface area contributed by atoms with Crippen molar-refractivity contribution in [2.24, 2.45) is 21.1 Å². The lowest BCUT2D eigenvalue weighted by molar-refractivity contribution is 0.915. The van der Waals surface area contributed by atoms with E-state index in [0.717, 1.165) is 0 Å². The molecule has 0 saturated carbocycles. The standard InChI is InChI=1S/3C12H12N2.4C11H10N2.4CH4/c1-9-8-14-11-6-4-3-5-10(11)7-12(14)13(9)2;1-9-7-10-11-5-3-4-6-14(11)8-12(10)13(9)2;1-9-7-12-11(13(9)2)8-10-5-3-4-6-14(10)12;1-8-11-9(7-12-8)6-10-4-2-3-5-13(10)11;1-8-10-6-9-4-2-3-5-13(9)11(10)7-12-8;1-8-6-9-7-13-5-3-2-4-10(13)11(9)12-8;1-8-6-13-7-9-4-2-3-5-10(9)11(13)12-8;;;;/h3*3-8H,1-2H3;4*2-7,12H,1H3;4*1H4. The molecule has 0 aliphatic rings. The lowest BCUT2D eigenvalue weighted by Gasteiger charge is -1.95. The molecule has 14 nitrogen and oxygen atoms in total. The molecule has 0 amide bonds. The van der Waals surface area contributed by atoms with Crippen molar-refractivity contribution in [2.75, 3.05) is 0 Å². The number of hydrogen-bond acceptors (Lipinski definition) is 0. The summed E-state index contributed by atoms with van der Waals surface area (Å²) >= 11 is 0. The molecule has 0 aliphatic carbocycles. The second kappa shape index (κ2) is 27.4. The minimum absolute atomic E-state index is 0. The smallest absolute Gasteiger partial charge is 0.122 e. The van der Waals surface area contributed by atoms with E-state index in [9.17, 15) is 0 Å². The molecule has 21 aromatic rings. The number of aromatic amines is 4. The molecule has 98 heavy (non-hydrogen) atoms. The van der Waals surface area contributed by atoms with Crippen molar-refractivity contribution in [2.45, 2.75) is 78.2 Å². The van der Waals surface area contributed by atoms with Crippen LogP contribution < -0.4 is 0 Å². The largest absolute Gasteiger partial charge is 0.363 e. The van der Waals surface area contributed by atoms with Crippen molar-refractivity contribution in [1.82, 2.24) is 64.4 Å². The highest BCUT2D eigenvalue weighted by Gasteiger charge is 2.12. The predicted molar refractivity (Wildman–Crippen MR) is 419 cm³/mol. The van der Waals surface area contributed by atoms with E-state index in [1.54, 1.807) is 0 Å². The van der Waals surface area contributed by atoms with Gasteiger partial charge in [-0.2, -0.15) is 0 Å². The molecule has 0 bridgehead atoms. The van der Waals surface area contributed by atoms with Gasteiger partial charge < -0.3 is 64.4 Å². The van der Waals surface area contributed by atoms with Crippen LogP contribution in [-0.4, -0.2) is 64.4 Å². The topological polar surface area (TPSA) is 109 Å². The third kappa shape index (κ3) is 12.1. The van der Waals surface area contributed by atoms with Crippen molar-refractivity contribution in [3.8, 4) is 0 Å². The Kier molecular flexibility index (Phi) is 18.9. The number of hydrogen-bond donors (Lipinski definition) is 4. The zero-order chi connectivity index (χ0) is 64.5. The van der Waals surface area contributed by atoms with Crippen LogP contribution in [0.15, 0.2) is 256 Å². The Bertz CT molecular complexity index is 5880. The monoisotopic (exact) mass is 1300 g/mol. The van der Waals surface area contributed by atoms with Crippen LogP contribution in [-0.2, 0) is 21.1 Å². The second-order valence-corrected chi connectivity index (χ2v) is 24.8. The van der Waals surface area contributed by atoms with Gasteiger partial charge in [0.2, 0.25) is 0 Å². The van der Waals surface area contributed by atoms with Crippen molar-refractivity contribution >= 4 is 115 Å². The molecule has 0 spiro atoms. The third-order valence-corrected chi connectivity index (χ3v) is 18.7. The molecule has 4 N–H and O–H groups in total. The summed E-state index contributed by atoms with van der Waals surface area (Å²) < 4.78 is 22.0. The van der Waals surface area contributed by atoms with E-state index >= 15 is 0 Å². The molecule has 0 saturated heterocycles. The van der Waals surface area contributed by atoms with Crippen LogP contribution in [0, 0.1) is 48.5 Å². The van der Waals surface area contributed by atoms with Crippen molar-refractivity contribution in [3.63, 3.8) is 0 Å². The summed E-state index contributed by atoms with van der Waals surface area (Å²) in [4.78, 5) is 13.2. The maximum absolute atomic E-state index is 3.36. The predicted octanol–water partition coefficient (Wildman–Crippen LogP) is 21.7. The van der Waals surface area contributed by atoms with Crippen LogP contribution in [0.5, 0.6) is 0 Å². The first-order chi connectivity index (χ1) is 45.7. The zero-order valence-electron chi connectivity index (χ0n) is 54.7. The highest BCUT2D eigenvalue weighted by molar-refractivity contribution is 5.98. The number of fused-ring (bicyclic) bond motifs is 21. The van der Waals surface area contributed by atoms with Gasteiger partial charge in [-0.25, -0.2) is 0 Å². The van der Waals surface area contributed by atoms with E-state index in [2.05, 4.69) is 384 Å². The number of aromatic nitrogens is 14. The molecule has 2 aromatic carbocycles. The van der Waals surface area contributed by atoms with Crippen LogP contribution in [0.25, 0.3) is 115 Å².